The van der Waals surface area contributed by atoms with Gasteiger partial charge in [-0.1, -0.05) is 84.4 Å². The van der Waals surface area contributed by atoms with Crippen LogP contribution in [0.2, 0.25) is 5.02 Å². The minimum atomic E-state index is -1.29. The van der Waals surface area contributed by atoms with Crippen LogP contribution < -0.4 is 0 Å². The van der Waals surface area contributed by atoms with Crippen molar-refractivity contribution < 1.29 is 19.4 Å². The minimum absolute atomic E-state index is 0.0860. The van der Waals surface area contributed by atoms with Crippen molar-refractivity contribution in [1.29, 1.82) is 0 Å². The molecule has 0 saturated carbocycles. The number of carboxylic acids is 1. The second-order valence-electron chi connectivity index (χ2n) is 7.90. The lowest BCUT2D eigenvalue weighted by Crippen LogP contribution is -2.31. The molecular formula is C27H19ClO4. The molecule has 1 aliphatic carbocycles. The number of hydrogen-bond acceptors (Lipinski definition) is 3. The molecule has 5 heteroatoms. The molecule has 32 heavy (non-hydrogen) atoms. The van der Waals surface area contributed by atoms with E-state index in [0.717, 1.165) is 38.6 Å². The first-order chi connectivity index (χ1) is 15.5. The Balaban J connectivity index is 1.44. The van der Waals surface area contributed by atoms with Crippen molar-refractivity contribution in [2.24, 2.45) is 0 Å². The molecule has 1 aliphatic rings. The van der Waals surface area contributed by atoms with Gasteiger partial charge in [-0.3, -0.25) is 4.79 Å². The molecule has 0 fully saturated rings. The molecule has 4 aromatic carbocycles. The van der Waals surface area contributed by atoms with Crippen LogP contribution in [0.4, 0.5) is 0 Å². The highest BCUT2D eigenvalue weighted by atomic mass is 35.5. The van der Waals surface area contributed by atoms with Crippen LogP contribution in [0, 0.1) is 0 Å². The van der Waals surface area contributed by atoms with Gasteiger partial charge < -0.3 is 9.84 Å². The Labute approximate surface area is 190 Å². The Morgan fingerprint density at radius 2 is 1.56 bits per heavy atom. The molecule has 158 valence electrons. The molecule has 0 heterocycles. The largest absolute Gasteiger partial charge is 0.478 e. The van der Waals surface area contributed by atoms with Gasteiger partial charge in [0.1, 0.15) is 5.92 Å². The number of halogens is 1. The van der Waals surface area contributed by atoms with Gasteiger partial charge in [-0.2, -0.15) is 0 Å². The van der Waals surface area contributed by atoms with E-state index in [9.17, 15) is 14.7 Å². The minimum Gasteiger partial charge on any atom is -0.478 e. The number of carbonyl (C=O) groups excluding carboxylic acids is 1. The number of esters is 1. The fraction of sp³-hybridized carbons (Fsp3) is 0.111. The van der Waals surface area contributed by atoms with Crippen LogP contribution in [-0.2, 0) is 20.7 Å². The first-order valence-corrected chi connectivity index (χ1v) is 10.7. The molecule has 1 unspecified atom stereocenters. The maximum Gasteiger partial charge on any atom is 0.345 e. The van der Waals surface area contributed by atoms with Gasteiger partial charge in [0.15, 0.2) is 0 Å². The lowest BCUT2D eigenvalue weighted by molar-refractivity contribution is -0.164. The van der Waals surface area contributed by atoms with Crippen LogP contribution in [-0.4, -0.2) is 23.1 Å². The Hall–Kier alpha value is -3.63. The summed E-state index contributed by atoms with van der Waals surface area (Å²) in [5, 5.41) is 12.4. The maximum atomic E-state index is 13.3. The van der Waals surface area contributed by atoms with E-state index in [-0.39, 0.29) is 6.42 Å². The quantitative estimate of drug-likeness (QED) is 0.394. The maximum absolute atomic E-state index is 13.3. The second-order valence-corrected chi connectivity index (χ2v) is 8.34. The number of carbonyl (C=O) groups is 2. The summed E-state index contributed by atoms with van der Waals surface area (Å²) in [5.41, 5.74) is 4.16. The molecule has 0 radical (unpaired) electrons. The molecule has 0 amide bonds. The van der Waals surface area contributed by atoms with Gasteiger partial charge in [0.2, 0.25) is 6.10 Å². The fourth-order valence-electron chi connectivity index (χ4n) is 4.40. The third-order valence-corrected chi connectivity index (χ3v) is 6.13. The molecule has 0 aliphatic heterocycles. The van der Waals surface area contributed by atoms with Crippen molar-refractivity contribution in [3.05, 3.63) is 107 Å². The van der Waals surface area contributed by atoms with Gasteiger partial charge in [-0.25, -0.2) is 4.79 Å². The monoisotopic (exact) mass is 442 g/mol. The Bertz CT molecular complexity index is 1360. The fourth-order valence-corrected chi connectivity index (χ4v) is 4.58. The van der Waals surface area contributed by atoms with Gasteiger partial charge >= 0.3 is 11.9 Å². The number of ether oxygens (including phenoxy) is 1. The van der Waals surface area contributed by atoms with Crippen LogP contribution in [0.25, 0.3) is 21.9 Å². The highest BCUT2D eigenvalue weighted by molar-refractivity contribution is 6.30. The van der Waals surface area contributed by atoms with Gasteiger partial charge in [-0.05, 0) is 50.7 Å². The third kappa shape index (κ3) is 3.63. The standard InChI is InChI=1S/C27H19ClO4/c28-19-11-12-21-20-7-3-4-8-22(20)25(23(21)15-19)27(31)32-24(26(29)30)14-16-9-10-17-5-1-2-6-18(17)13-16/h1-13,15,24-25H,14H2,(H,29,30)/t24-,25?/m1/s1. The summed E-state index contributed by atoms with van der Waals surface area (Å²) in [5.74, 6) is -2.48. The Morgan fingerprint density at radius 3 is 2.38 bits per heavy atom. The number of hydrogen-bond donors (Lipinski definition) is 1. The van der Waals surface area contributed by atoms with Crippen LogP contribution in [0.3, 0.4) is 0 Å². The molecule has 1 N–H and O–H groups in total. The summed E-state index contributed by atoms with van der Waals surface area (Å²) < 4.78 is 5.58. The van der Waals surface area contributed by atoms with Crippen molar-refractivity contribution in [1.82, 2.24) is 0 Å². The SMILES string of the molecule is O=C(O[C@H](Cc1ccc2ccccc2c1)C(=O)O)C1c2ccccc2-c2ccc(Cl)cc21. The summed E-state index contributed by atoms with van der Waals surface area (Å²) in [6.45, 7) is 0. The number of aliphatic carboxylic acids is 1. The van der Waals surface area contributed by atoms with E-state index in [0.29, 0.717) is 5.02 Å². The summed E-state index contributed by atoms with van der Waals surface area (Å²) in [7, 11) is 0. The smallest absolute Gasteiger partial charge is 0.345 e. The van der Waals surface area contributed by atoms with Gasteiger partial charge in [0.25, 0.3) is 0 Å². The zero-order valence-corrected chi connectivity index (χ0v) is 17.8. The molecule has 4 nitrogen and oxygen atoms in total. The van der Waals surface area contributed by atoms with Crippen molar-refractivity contribution >= 4 is 34.3 Å². The van der Waals surface area contributed by atoms with Crippen molar-refractivity contribution in [3.8, 4) is 11.1 Å². The average molecular weight is 443 g/mol. The first kappa shape index (κ1) is 20.3. The average Bonchev–Trinajstić information content (AvgIpc) is 3.12. The highest BCUT2D eigenvalue weighted by Gasteiger charge is 2.37. The van der Waals surface area contributed by atoms with Crippen LogP contribution in [0.15, 0.2) is 84.9 Å². The Morgan fingerprint density at radius 1 is 0.844 bits per heavy atom. The summed E-state index contributed by atoms with van der Waals surface area (Å²) in [6.07, 6.45) is -1.21. The van der Waals surface area contributed by atoms with E-state index in [2.05, 4.69) is 0 Å². The van der Waals surface area contributed by atoms with E-state index < -0.39 is 24.0 Å². The molecule has 0 aromatic heterocycles. The zero-order valence-electron chi connectivity index (χ0n) is 17.0. The normalized spacial score (nSPS) is 15.1. The number of benzene rings is 4. The molecule has 0 saturated heterocycles. The summed E-state index contributed by atoms with van der Waals surface area (Å²) in [6, 6.07) is 26.6. The van der Waals surface area contributed by atoms with Gasteiger partial charge in [0.05, 0.1) is 0 Å². The van der Waals surface area contributed by atoms with Crippen LogP contribution >= 0.6 is 11.6 Å². The highest BCUT2D eigenvalue weighted by Crippen LogP contribution is 2.46. The number of rotatable bonds is 5. The third-order valence-electron chi connectivity index (χ3n) is 5.89. The second kappa shape index (κ2) is 8.13. The molecular weight excluding hydrogens is 424 g/mol. The van der Waals surface area contributed by atoms with Crippen molar-refractivity contribution in [3.63, 3.8) is 0 Å². The van der Waals surface area contributed by atoms with Crippen molar-refractivity contribution in [2.45, 2.75) is 18.4 Å². The molecule has 2 atom stereocenters. The molecule has 0 bridgehead atoms. The first-order valence-electron chi connectivity index (χ1n) is 10.3. The van der Waals surface area contributed by atoms with E-state index in [4.69, 9.17) is 16.3 Å². The lowest BCUT2D eigenvalue weighted by atomic mass is 9.97. The van der Waals surface area contributed by atoms with E-state index in [1.807, 2.05) is 72.8 Å². The zero-order chi connectivity index (χ0) is 22.2. The predicted octanol–water partition coefficient (Wildman–Crippen LogP) is 5.84. The predicted molar refractivity (Wildman–Crippen MR) is 124 cm³/mol. The summed E-state index contributed by atoms with van der Waals surface area (Å²) >= 11 is 6.20. The molecule has 5 rings (SSSR count). The lowest BCUT2D eigenvalue weighted by Gasteiger charge is -2.18. The number of fused-ring (bicyclic) bond motifs is 4. The van der Waals surface area contributed by atoms with Gasteiger partial charge in [0, 0.05) is 11.4 Å². The van der Waals surface area contributed by atoms with E-state index >= 15 is 0 Å². The molecule has 4 aromatic rings. The Kier molecular flexibility index (Phi) is 5.16. The van der Waals surface area contributed by atoms with E-state index in [1.165, 1.54) is 0 Å². The summed E-state index contributed by atoms with van der Waals surface area (Å²) in [4.78, 5) is 25.2. The number of carboxylic acid groups (broad SMARTS) is 1. The molecule has 0 spiro atoms. The van der Waals surface area contributed by atoms with E-state index in [1.54, 1.807) is 12.1 Å². The van der Waals surface area contributed by atoms with Crippen molar-refractivity contribution in [2.75, 3.05) is 0 Å². The van der Waals surface area contributed by atoms with Gasteiger partial charge in [-0.15, -0.1) is 0 Å². The topological polar surface area (TPSA) is 63.6 Å². The van der Waals surface area contributed by atoms with Crippen LogP contribution in [0.5, 0.6) is 0 Å². The van der Waals surface area contributed by atoms with Crippen LogP contribution in [0.1, 0.15) is 22.6 Å².